The van der Waals surface area contributed by atoms with Crippen molar-refractivity contribution in [3.05, 3.63) is 35.4 Å². The number of rotatable bonds is 3. The van der Waals surface area contributed by atoms with Crippen molar-refractivity contribution in [2.45, 2.75) is 31.5 Å². The van der Waals surface area contributed by atoms with Crippen molar-refractivity contribution in [3.63, 3.8) is 0 Å². The third-order valence-corrected chi connectivity index (χ3v) is 4.11. The van der Waals surface area contributed by atoms with E-state index in [9.17, 15) is 4.79 Å². The van der Waals surface area contributed by atoms with Gasteiger partial charge in [0, 0.05) is 13.1 Å². The highest BCUT2D eigenvalue weighted by Crippen LogP contribution is 2.35. The SMILES string of the molecule is COC(=O)c1cccc(C2N(C)N=CN2C2CCC2)c1. The minimum Gasteiger partial charge on any atom is -0.465 e. The van der Waals surface area contributed by atoms with E-state index in [1.54, 1.807) is 6.07 Å². The molecule has 5 nitrogen and oxygen atoms in total. The van der Waals surface area contributed by atoms with E-state index in [-0.39, 0.29) is 12.1 Å². The first-order valence-corrected chi connectivity index (χ1v) is 6.93. The monoisotopic (exact) mass is 273 g/mol. The number of hydrogen-bond acceptors (Lipinski definition) is 5. The largest absolute Gasteiger partial charge is 0.465 e. The summed E-state index contributed by atoms with van der Waals surface area (Å²) in [5.74, 6) is -0.302. The standard InChI is InChI=1S/C15H19N3O2/c1-17-14(18(10-16-17)13-7-4-8-13)11-5-3-6-12(9-11)15(19)20-2/h3,5-6,9-10,13-14H,4,7-8H2,1-2H3. The Hall–Kier alpha value is -2.04. The molecule has 1 aromatic rings. The van der Waals surface area contributed by atoms with Gasteiger partial charge in [0.25, 0.3) is 0 Å². The van der Waals surface area contributed by atoms with Gasteiger partial charge < -0.3 is 9.64 Å². The van der Waals surface area contributed by atoms with E-state index in [0.29, 0.717) is 11.6 Å². The lowest BCUT2D eigenvalue weighted by molar-refractivity contribution is 0.0599. The highest BCUT2D eigenvalue weighted by atomic mass is 16.5. The highest BCUT2D eigenvalue weighted by molar-refractivity contribution is 5.89. The molecule has 5 heteroatoms. The van der Waals surface area contributed by atoms with Crippen LogP contribution in [0, 0.1) is 0 Å². The first-order valence-electron chi connectivity index (χ1n) is 6.93. The molecule has 1 unspecified atom stereocenters. The topological polar surface area (TPSA) is 45.1 Å². The van der Waals surface area contributed by atoms with Gasteiger partial charge in [0.15, 0.2) is 0 Å². The smallest absolute Gasteiger partial charge is 0.337 e. The van der Waals surface area contributed by atoms with Gasteiger partial charge in [-0.15, -0.1) is 0 Å². The fourth-order valence-electron chi connectivity index (χ4n) is 2.77. The number of hydrazone groups is 1. The van der Waals surface area contributed by atoms with Crippen LogP contribution < -0.4 is 0 Å². The summed E-state index contributed by atoms with van der Waals surface area (Å²) in [6.07, 6.45) is 5.71. The molecule has 0 spiro atoms. The van der Waals surface area contributed by atoms with Gasteiger partial charge in [-0.25, -0.2) is 4.79 Å². The van der Waals surface area contributed by atoms with Crippen molar-refractivity contribution in [2.75, 3.05) is 14.2 Å². The van der Waals surface area contributed by atoms with Gasteiger partial charge in [-0.1, -0.05) is 12.1 Å². The number of ether oxygens (including phenoxy) is 1. The van der Waals surface area contributed by atoms with Crippen LogP contribution in [-0.4, -0.2) is 42.4 Å². The molecule has 0 radical (unpaired) electrons. The van der Waals surface area contributed by atoms with Gasteiger partial charge in [0.05, 0.1) is 12.7 Å². The molecule has 0 saturated heterocycles. The fourth-order valence-corrected chi connectivity index (χ4v) is 2.77. The number of carbonyl (C=O) groups is 1. The van der Waals surface area contributed by atoms with Gasteiger partial charge in [-0.3, -0.25) is 5.01 Å². The lowest BCUT2D eigenvalue weighted by Crippen LogP contribution is -2.42. The quantitative estimate of drug-likeness (QED) is 0.792. The maximum absolute atomic E-state index is 11.7. The molecule has 20 heavy (non-hydrogen) atoms. The minimum atomic E-state index is -0.302. The normalized spacial score (nSPS) is 22.0. The van der Waals surface area contributed by atoms with Crippen molar-refractivity contribution in [2.24, 2.45) is 5.10 Å². The molecule has 1 aliphatic carbocycles. The summed E-state index contributed by atoms with van der Waals surface area (Å²) in [7, 11) is 3.37. The van der Waals surface area contributed by atoms with Crippen LogP contribution in [0.5, 0.6) is 0 Å². The van der Waals surface area contributed by atoms with E-state index in [0.717, 1.165) is 5.56 Å². The van der Waals surface area contributed by atoms with Crippen molar-refractivity contribution in [3.8, 4) is 0 Å². The van der Waals surface area contributed by atoms with Crippen molar-refractivity contribution >= 4 is 12.3 Å². The summed E-state index contributed by atoms with van der Waals surface area (Å²) >= 11 is 0. The summed E-state index contributed by atoms with van der Waals surface area (Å²) < 4.78 is 4.79. The average Bonchev–Trinajstić information content (AvgIpc) is 2.78. The second-order valence-corrected chi connectivity index (χ2v) is 5.33. The van der Waals surface area contributed by atoms with Gasteiger partial charge in [-0.2, -0.15) is 5.10 Å². The van der Waals surface area contributed by atoms with E-state index >= 15 is 0 Å². The predicted octanol–water partition coefficient (Wildman–Crippen LogP) is 2.21. The summed E-state index contributed by atoms with van der Waals surface area (Å²) in [6.45, 7) is 0. The molecule has 0 N–H and O–H groups in total. The van der Waals surface area contributed by atoms with Gasteiger partial charge >= 0.3 is 5.97 Å². The van der Waals surface area contributed by atoms with E-state index < -0.39 is 0 Å². The molecule has 106 valence electrons. The molecule has 1 heterocycles. The van der Waals surface area contributed by atoms with E-state index in [4.69, 9.17) is 4.74 Å². The minimum absolute atomic E-state index is 0.0740. The Labute approximate surface area is 118 Å². The molecule has 1 fully saturated rings. The number of benzene rings is 1. The molecule has 1 aromatic carbocycles. The summed E-state index contributed by atoms with van der Waals surface area (Å²) in [5.41, 5.74) is 1.65. The Balaban J connectivity index is 1.88. The molecule has 1 atom stereocenters. The molecular weight excluding hydrogens is 254 g/mol. The second kappa shape index (κ2) is 5.15. The lowest BCUT2D eigenvalue weighted by atomic mass is 9.91. The van der Waals surface area contributed by atoms with Crippen LogP contribution in [0.25, 0.3) is 0 Å². The van der Waals surface area contributed by atoms with Gasteiger partial charge in [0.2, 0.25) is 0 Å². The molecule has 0 amide bonds. The average molecular weight is 273 g/mol. The van der Waals surface area contributed by atoms with Crippen molar-refractivity contribution < 1.29 is 9.53 Å². The maximum atomic E-state index is 11.7. The lowest BCUT2D eigenvalue weighted by Gasteiger charge is -2.39. The molecule has 0 aromatic heterocycles. The highest BCUT2D eigenvalue weighted by Gasteiger charge is 2.35. The molecule has 3 rings (SSSR count). The van der Waals surface area contributed by atoms with Crippen LogP contribution in [0.1, 0.15) is 41.3 Å². The van der Waals surface area contributed by atoms with Crippen molar-refractivity contribution in [1.82, 2.24) is 9.91 Å². The number of carbonyl (C=O) groups excluding carboxylic acids is 1. The van der Waals surface area contributed by atoms with Gasteiger partial charge in [0.1, 0.15) is 12.5 Å². The van der Waals surface area contributed by atoms with Crippen LogP contribution in [0.3, 0.4) is 0 Å². The van der Waals surface area contributed by atoms with Crippen molar-refractivity contribution in [1.29, 1.82) is 0 Å². The predicted molar refractivity (Wildman–Crippen MR) is 76.3 cm³/mol. The second-order valence-electron chi connectivity index (χ2n) is 5.33. The fraction of sp³-hybridized carbons (Fsp3) is 0.467. The Morgan fingerprint density at radius 1 is 1.40 bits per heavy atom. The summed E-state index contributed by atoms with van der Waals surface area (Å²) in [6, 6.07) is 8.17. The first kappa shape index (κ1) is 13.0. The maximum Gasteiger partial charge on any atom is 0.337 e. The molecular formula is C15H19N3O2. The number of esters is 1. The van der Waals surface area contributed by atoms with Crippen LogP contribution in [0.2, 0.25) is 0 Å². The number of methoxy groups -OCH3 is 1. The Morgan fingerprint density at radius 3 is 2.85 bits per heavy atom. The van der Waals surface area contributed by atoms with E-state index in [1.807, 2.05) is 36.6 Å². The summed E-state index contributed by atoms with van der Waals surface area (Å²) in [5, 5.41) is 6.33. The third-order valence-electron chi connectivity index (χ3n) is 4.11. The van der Waals surface area contributed by atoms with Crippen LogP contribution in [0.15, 0.2) is 29.4 Å². The van der Waals surface area contributed by atoms with Crippen LogP contribution in [0.4, 0.5) is 0 Å². The zero-order valence-electron chi connectivity index (χ0n) is 11.8. The zero-order valence-corrected chi connectivity index (χ0v) is 11.8. The van der Waals surface area contributed by atoms with E-state index in [1.165, 1.54) is 26.4 Å². The first-order chi connectivity index (χ1) is 9.70. The Bertz CT molecular complexity index is 540. The Kier molecular flexibility index (Phi) is 3.34. The number of nitrogens with zero attached hydrogens (tertiary/aromatic N) is 3. The Morgan fingerprint density at radius 2 is 2.20 bits per heavy atom. The molecule has 0 bridgehead atoms. The zero-order chi connectivity index (χ0) is 14.1. The molecule has 1 saturated carbocycles. The molecule has 1 aliphatic heterocycles. The van der Waals surface area contributed by atoms with Crippen LogP contribution >= 0.6 is 0 Å². The van der Waals surface area contributed by atoms with Gasteiger partial charge in [-0.05, 0) is 37.0 Å². The third kappa shape index (κ3) is 2.13. The summed E-state index contributed by atoms with van der Waals surface area (Å²) in [4.78, 5) is 14.0. The molecule has 2 aliphatic rings. The number of hydrogen-bond donors (Lipinski definition) is 0. The van der Waals surface area contributed by atoms with Crippen LogP contribution in [-0.2, 0) is 4.74 Å². The van der Waals surface area contributed by atoms with E-state index in [2.05, 4.69) is 10.0 Å².